The zero-order valence-electron chi connectivity index (χ0n) is 8.51. The molecule has 1 atom stereocenters. The minimum atomic E-state index is -0.618. The van der Waals surface area contributed by atoms with Gasteiger partial charge in [0.15, 0.2) is 0 Å². The zero-order chi connectivity index (χ0) is 12.0. The topological polar surface area (TPSA) is 72.6 Å². The third-order valence-electron chi connectivity index (χ3n) is 1.93. The van der Waals surface area contributed by atoms with Crippen molar-refractivity contribution in [2.24, 2.45) is 0 Å². The normalized spacial score (nSPS) is 12.1. The van der Waals surface area contributed by atoms with Gasteiger partial charge in [-0.15, -0.1) is 11.6 Å². The molecule has 0 spiro atoms. The lowest BCUT2D eigenvalue weighted by molar-refractivity contribution is -0.384. The van der Waals surface area contributed by atoms with Crippen molar-refractivity contribution in [1.82, 2.24) is 0 Å². The van der Waals surface area contributed by atoms with Gasteiger partial charge in [-0.1, -0.05) is 0 Å². The van der Waals surface area contributed by atoms with Crippen LogP contribution in [0.1, 0.15) is 6.42 Å². The lowest BCUT2D eigenvalue weighted by Crippen LogP contribution is -2.17. The fourth-order valence-corrected chi connectivity index (χ4v) is 1.32. The first-order valence-electron chi connectivity index (χ1n) is 4.74. The molecule has 16 heavy (non-hydrogen) atoms. The van der Waals surface area contributed by atoms with Crippen molar-refractivity contribution in [3.05, 3.63) is 34.4 Å². The Labute approximate surface area is 97.8 Å². The minimum Gasteiger partial charge on any atom is -0.491 e. The van der Waals surface area contributed by atoms with Crippen molar-refractivity contribution in [3.8, 4) is 5.75 Å². The van der Waals surface area contributed by atoms with Crippen LogP contribution < -0.4 is 4.74 Å². The fraction of sp³-hybridized carbons (Fsp3) is 0.400. The molecule has 6 heteroatoms. The summed E-state index contributed by atoms with van der Waals surface area (Å²) in [6, 6.07) is 5.68. The molecule has 0 heterocycles. The van der Waals surface area contributed by atoms with Gasteiger partial charge in [-0.25, -0.2) is 0 Å². The Morgan fingerprint density at radius 3 is 2.56 bits per heavy atom. The Morgan fingerprint density at radius 2 is 2.06 bits per heavy atom. The van der Waals surface area contributed by atoms with Gasteiger partial charge in [0.25, 0.3) is 5.69 Å². The number of ether oxygens (including phenoxy) is 1. The van der Waals surface area contributed by atoms with Crippen molar-refractivity contribution in [2.45, 2.75) is 12.5 Å². The second kappa shape index (κ2) is 6.30. The van der Waals surface area contributed by atoms with E-state index in [9.17, 15) is 15.2 Å². The highest BCUT2D eigenvalue weighted by atomic mass is 35.5. The van der Waals surface area contributed by atoms with Crippen molar-refractivity contribution in [2.75, 3.05) is 12.5 Å². The van der Waals surface area contributed by atoms with E-state index in [0.29, 0.717) is 18.1 Å². The van der Waals surface area contributed by atoms with E-state index in [2.05, 4.69) is 0 Å². The number of nitro groups is 1. The summed E-state index contributed by atoms with van der Waals surface area (Å²) < 4.78 is 5.22. The largest absolute Gasteiger partial charge is 0.491 e. The third kappa shape index (κ3) is 4.04. The average Bonchev–Trinajstić information content (AvgIpc) is 2.27. The number of halogens is 1. The Hall–Kier alpha value is -1.33. The predicted molar refractivity (Wildman–Crippen MR) is 59.9 cm³/mol. The predicted octanol–water partition coefficient (Wildman–Crippen LogP) is 1.96. The highest BCUT2D eigenvalue weighted by Crippen LogP contribution is 2.17. The van der Waals surface area contributed by atoms with E-state index < -0.39 is 11.0 Å². The smallest absolute Gasteiger partial charge is 0.269 e. The number of non-ortho nitro benzene ring substituents is 1. The molecular formula is C10H12ClNO4. The van der Waals surface area contributed by atoms with Crippen LogP contribution in [0.15, 0.2) is 24.3 Å². The molecule has 0 fully saturated rings. The molecule has 0 saturated heterocycles. The first-order valence-corrected chi connectivity index (χ1v) is 5.28. The zero-order valence-corrected chi connectivity index (χ0v) is 9.26. The van der Waals surface area contributed by atoms with Crippen LogP contribution in [0.5, 0.6) is 5.75 Å². The summed E-state index contributed by atoms with van der Waals surface area (Å²) in [5, 5.41) is 19.7. The lowest BCUT2D eigenvalue weighted by Gasteiger charge is -2.10. The Bertz CT molecular complexity index is 341. The van der Waals surface area contributed by atoms with E-state index in [1.807, 2.05) is 0 Å². The number of nitrogens with zero attached hydrogens (tertiary/aromatic N) is 1. The minimum absolute atomic E-state index is 0.00802. The van der Waals surface area contributed by atoms with Crippen LogP contribution in [-0.4, -0.2) is 28.6 Å². The van der Waals surface area contributed by atoms with Gasteiger partial charge in [-0.05, 0) is 18.6 Å². The first-order chi connectivity index (χ1) is 7.63. The molecule has 88 valence electrons. The average molecular weight is 246 g/mol. The molecule has 0 bridgehead atoms. The Balaban J connectivity index is 2.46. The molecule has 1 aromatic rings. The number of nitro benzene ring substituents is 1. The van der Waals surface area contributed by atoms with E-state index in [1.54, 1.807) is 0 Å². The molecule has 0 saturated carbocycles. The van der Waals surface area contributed by atoms with Crippen molar-refractivity contribution < 1.29 is 14.8 Å². The molecule has 1 aromatic carbocycles. The van der Waals surface area contributed by atoms with Crippen LogP contribution in [0, 0.1) is 10.1 Å². The van der Waals surface area contributed by atoms with Gasteiger partial charge in [0.2, 0.25) is 0 Å². The number of alkyl halides is 1. The molecule has 0 aliphatic heterocycles. The van der Waals surface area contributed by atoms with Gasteiger partial charge in [0.05, 0.1) is 11.0 Å². The maximum atomic E-state index is 10.4. The van der Waals surface area contributed by atoms with E-state index in [4.69, 9.17) is 16.3 Å². The highest BCUT2D eigenvalue weighted by Gasteiger charge is 2.06. The Kier molecular flexibility index (Phi) is 5.01. The van der Waals surface area contributed by atoms with Crippen LogP contribution in [-0.2, 0) is 0 Å². The van der Waals surface area contributed by atoms with Crippen LogP contribution >= 0.6 is 11.6 Å². The summed E-state index contributed by atoms with van der Waals surface area (Å²) in [5.41, 5.74) is 0.00802. The quantitative estimate of drug-likeness (QED) is 0.472. The van der Waals surface area contributed by atoms with Crippen molar-refractivity contribution >= 4 is 17.3 Å². The number of aliphatic hydroxyl groups excluding tert-OH is 1. The van der Waals surface area contributed by atoms with Crippen molar-refractivity contribution in [3.63, 3.8) is 0 Å². The molecule has 1 N–H and O–H groups in total. The monoisotopic (exact) mass is 245 g/mol. The summed E-state index contributed by atoms with van der Waals surface area (Å²) in [5.74, 6) is 0.851. The standard InChI is InChI=1S/C10H12ClNO4/c11-6-5-9(13)7-16-10-3-1-8(2-4-10)12(14)15/h1-4,9,13H,5-7H2. The summed E-state index contributed by atoms with van der Waals surface area (Å²) >= 11 is 5.44. The van der Waals surface area contributed by atoms with Crippen LogP contribution in [0.25, 0.3) is 0 Å². The summed E-state index contributed by atoms with van der Waals surface area (Å²) in [6.45, 7) is 0.129. The van der Waals surface area contributed by atoms with Gasteiger partial charge in [0, 0.05) is 18.0 Å². The van der Waals surface area contributed by atoms with Crippen LogP contribution in [0.4, 0.5) is 5.69 Å². The lowest BCUT2D eigenvalue weighted by atomic mass is 10.3. The van der Waals surface area contributed by atoms with E-state index in [-0.39, 0.29) is 12.3 Å². The second-order valence-electron chi connectivity index (χ2n) is 3.19. The summed E-state index contributed by atoms with van der Waals surface area (Å²) in [7, 11) is 0. The molecule has 0 aliphatic rings. The van der Waals surface area contributed by atoms with Gasteiger partial charge in [-0.3, -0.25) is 10.1 Å². The molecule has 1 unspecified atom stereocenters. The number of aliphatic hydroxyl groups is 1. The molecule has 0 aromatic heterocycles. The number of hydrogen-bond donors (Lipinski definition) is 1. The van der Waals surface area contributed by atoms with Crippen LogP contribution in [0.2, 0.25) is 0 Å². The van der Waals surface area contributed by atoms with Gasteiger partial charge in [-0.2, -0.15) is 0 Å². The SMILES string of the molecule is O=[N+]([O-])c1ccc(OCC(O)CCCl)cc1. The molecule has 1 rings (SSSR count). The number of rotatable bonds is 6. The van der Waals surface area contributed by atoms with Crippen LogP contribution in [0.3, 0.4) is 0 Å². The first kappa shape index (κ1) is 12.7. The van der Waals surface area contributed by atoms with E-state index >= 15 is 0 Å². The summed E-state index contributed by atoms with van der Waals surface area (Å²) in [4.78, 5) is 9.89. The molecule has 0 radical (unpaired) electrons. The molecular weight excluding hydrogens is 234 g/mol. The van der Waals surface area contributed by atoms with Gasteiger partial charge >= 0.3 is 0 Å². The van der Waals surface area contributed by atoms with Crippen molar-refractivity contribution in [1.29, 1.82) is 0 Å². The highest BCUT2D eigenvalue weighted by molar-refractivity contribution is 6.17. The van der Waals surface area contributed by atoms with Gasteiger partial charge < -0.3 is 9.84 Å². The summed E-state index contributed by atoms with van der Waals surface area (Å²) in [6.07, 6.45) is -0.165. The second-order valence-corrected chi connectivity index (χ2v) is 3.57. The number of benzene rings is 1. The number of hydrogen-bond acceptors (Lipinski definition) is 4. The Morgan fingerprint density at radius 1 is 1.44 bits per heavy atom. The maximum Gasteiger partial charge on any atom is 0.269 e. The van der Waals surface area contributed by atoms with Gasteiger partial charge in [0.1, 0.15) is 12.4 Å². The van der Waals surface area contributed by atoms with E-state index in [1.165, 1.54) is 24.3 Å². The third-order valence-corrected chi connectivity index (χ3v) is 2.15. The molecule has 0 amide bonds. The molecule has 0 aliphatic carbocycles. The fourth-order valence-electron chi connectivity index (χ4n) is 1.07. The molecule has 5 nitrogen and oxygen atoms in total. The maximum absolute atomic E-state index is 10.4. The van der Waals surface area contributed by atoms with E-state index in [0.717, 1.165) is 0 Å².